The number of ether oxygens (including phenoxy) is 1. The van der Waals surface area contributed by atoms with Crippen LogP contribution in [0, 0.1) is 0 Å². The molecular formula is C9H8ClF3OS. The summed E-state index contributed by atoms with van der Waals surface area (Å²) in [6.07, 6.45) is -6.24. The minimum absolute atomic E-state index is 0.0719. The highest BCUT2D eigenvalue weighted by Gasteiger charge is 2.38. The van der Waals surface area contributed by atoms with Crippen molar-refractivity contribution in [1.82, 2.24) is 0 Å². The molecule has 0 bridgehead atoms. The molecule has 1 atom stereocenters. The average molecular weight is 257 g/mol. The Balaban J connectivity index is 2.78. The van der Waals surface area contributed by atoms with E-state index in [1.807, 2.05) is 0 Å². The maximum absolute atomic E-state index is 12.1. The molecule has 0 spiro atoms. The lowest BCUT2D eigenvalue weighted by Crippen LogP contribution is -2.31. The van der Waals surface area contributed by atoms with Crippen molar-refractivity contribution in [1.29, 1.82) is 0 Å². The summed E-state index contributed by atoms with van der Waals surface area (Å²) in [7, 11) is 0. The van der Waals surface area contributed by atoms with Crippen LogP contribution in [0.25, 0.3) is 0 Å². The zero-order valence-electron chi connectivity index (χ0n) is 7.68. The summed E-state index contributed by atoms with van der Waals surface area (Å²) in [5, 5.41) is 0.255. The molecule has 0 saturated carbocycles. The standard InChI is InChI=1S/C9H8ClF3OS/c1-5(9(11,12)13)14-6-2-3-8(15)7(10)4-6/h2-5,15H,1H3. The molecule has 84 valence electrons. The van der Waals surface area contributed by atoms with Crippen molar-refractivity contribution < 1.29 is 17.9 Å². The fraction of sp³-hybridized carbons (Fsp3) is 0.333. The van der Waals surface area contributed by atoms with E-state index in [0.717, 1.165) is 6.92 Å². The van der Waals surface area contributed by atoms with Crippen LogP contribution in [0.2, 0.25) is 5.02 Å². The van der Waals surface area contributed by atoms with Crippen LogP contribution in [0.15, 0.2) is 23.1 Å². The summed E-state index contributed by atoms with van der Waals surface area (Å²) in [4.78, 5) is 0.490. The maximum atomic E-state index is 12.1. The first-order chi connectivity index (χ1) is 6.80. The number of thiol groups is 1. The van der Waals surface area contributed by atoms with Crippen molar-refractivity contribution >= 4 is 24.2 Å². The van der Waals surface area contributed by atoms with E-state index in [1.165, 1.54) is 18.2 Å². The Hall–Kier alpha value is -0.550. The van der Waals surface area contributed by atoms with Crippen molar-refractivity contribution in [3.05, 3.63) is 23.2 Å². The molecule has 0 amide bonds. The molecule has 0 saturated heterocycles. The molecule has 1 nitrogen and oxygen atoms in total. The molecule has 0 aliphatic carbocycles. The van der Waals surface area contributed by atoms with Gasteiger partial charge in [-0.15, -0.1) is 12.6 Å². The van der Waals surface area contributed by atoms with Gasteiger partial charge in [0.15, 0.2) is 6.10 Å². The summed E-state index contributed by atoms with van der Waals surface area (Å²) in [6.45, 7) is 0.933. The number of hydrogen-bond acceptors (Lipinski definition) is 2. The van der Waals surface area contributed by atoms with Crippen molar-refractivity contribution in [2.75, 3.05) is 0 Å². The highest BCUT2D eigenvalue weighted by molar-refractivity contribution is 7.80. The van der Waals surface area contributed by atoms with E-state index in [2.05, 4.69) is 17.4 Å². The Labute approximate surface area is 95.6 Å². The van der Waals surface area contributed by atoms with Gasteiger partial charge in [0, 0.05) is 4.90 Å². The minimum atomic E-state index is -4.38. The van der Waals surface area contributed by atoms with Gasteiger partial charge in [0.1, 0.15) is 5.75 Å². The van der Waals surface area contributed by atoms with Crippen molar-refractivity contribution in [2.45, 2.75) is 24.1 Å². The predicted octanol–water partition coefficient (Wildman–Crippen LogP) is 3.96. The second kappa shape index (κ2) is 4.53. The number of alkyl halides is 3. The molecule has 15 heavy (non-hydrogen) atoms. The average Bonchev–Trinajstić information content (AvgIpc) is 2.10. The van der Waals surface area contributed by atoms with Gasteiger partial charge >= 0.3 is 6.18 Å². The van der Waals surface area contributed by atoms with E-state index in [4.69, 9.17) is 11.6 Å². The van der Waals surface area contributed by atoms with E-state index in [9.17, 15) is 13.2 Å². The largest absolute Gasteiger partial charge is 0.481 e. The van der Waals surface area contributed by atoms with Gasteiger partial charge in [0.2, 0.25) is 0 Å². The number of halogens is 4. The Kier molecular flexibility index (Phi) is 3.78. The first kappa shape index (κ1) is 12.5. The van der Waals surface area contributed by atoms with Crippen LogP contribution in [0.4, 0.5) is 13.2 Å². The molecule has 0 aliphatic heterocycles. The summed E-state index contributed by atoms with van der Waals surface area (Å²) in [5.41, 5.74) is 0. The molecule has 1 unspecified atom stereocenters. The second-order valence-corrected chi connectivity index (χ2v) is 3.80. The van der Waals surface area contributed by atoms with E-state index in [0.29, 0.717) is 4.90 Å². The fourth-order valence-electron chi connectivity index (χ4n) is 0.832. The molecule has 0 heterocycles. The monoisotopic (exact) mass is 256 g/mol. The smallest absolute Gasteiger partial charge is 0.425 e. The van der Waals surface area contributed by atoms with Crippen molar-refractivity contribution in [3.63, 3.8) is 0 Å². The van der Waals surface area contributed by atoms with Gasteiger partial charge < -0.3 is 4.74 Å². The SMILES string of the molecule is CC(Oc1ccc(S)c(Cl)c1)C(F)(F)F. The second-order valence-electron chi connectivity index (χ2n) is 2.91. The van der Waals surface area contributed by atoms with E-state index in [-0.39, 0.29) is 10.8 Å². The third-order valence-electron chi connectivity index (χ3n) is 1.69. The van der Waals surface area contributed by atoms with Gasteiger partial charge in [-0.3, -0.25) is 0 Å². The zero-order chi connectivity index (χ0) is 11.6. The van der Waals surface area contributed by atoms with Crippen LogP contribution in [0.5, 0.6) is 5.75 Å². The molecule has 1 rings (SSSR count). The fourth-order valence-corrected chi connectivity index (χ4v) is 1.14. The highest BCUT2D eigenvalue weighted by atomic mass is 35.5. The van der Waals surface area contributed by atoms with E-state index in [1.54, 1.807) is 0 Å². The number of benzene rings is 1. The summed E-state index contributed by atoms with van der Waals surface area (Å²) in [6, 6.07) is 4.16. The van der Waals surface area contributed by atoms with Crippen LogP contribution in [0.1, 0.15) is 6.92 Å². The van der Waals surface area contributed by atoms with Crippen LogP contribution in [-0.2, 0) is 0 Å². The summed E-state index contributed by atoms with van der Waals surface area (Å²) >= 11 is 9.66. The van der Waals surface area contributed by atoms with E-state index >= 15 is 0 Å². The molecule has 0 aliphatic rings. The van der Waals surface area contributed by atoms with E-state index < -0.39 is 12.3 Å². The van der Waals surface area contributed by atoms with Gasteiger partial charge in [-0.1, -0.05) is 11.6 Å². The third kappa shape index (κ3) is 3.50. The van der Waals surface area contributed by atoms with Gasteiger partial charge in [0.05, 0.1) is 5.02 Å². The number of hydrogen-bond donors (Lipinski definition) is 1. The maximum Gasteiger partial charge on any atom is 0.425 e. The van der Waals surface area contributed by atoms with Crippen LogP contribution in [0.3, 0.4) is 0 Å². The number of rotatable bonds is 2. The predicted molar refractivity (Wildman–Crippen MR) is 54.8 cm³/mol. The summed E-state index contributed by atoms with van der Waals surface area (Å²) < 4.78 is 41.1. The molecule has 6 heteroatoms. The Morgan fingerprint density at radius 3 is 2.47 bits per heavy atom. The lowest BCUT2D eigenvalue weighted by Gasteiger charge is -2.17. The molecule has 0 fully saturated rings. The first-order valence-electron chi connectivity index (χ1n) is 4.02. The Morgan fingerprint density at radius 1 is 1.40 bits per heavy atom. The summed E-state index contributed by atoms with van der Waals surface area (Å²) in [5.74, 6) is 0.0719. The van der Waals surface area contributed by atoms with Gasteiger partial charge in [-0.2, -0.15) is 13.2 Å². The van der Waals surface area contributed by atoms with Crippen LogP contribution < -0.4 is 4.74 Å². The normalized spacial score (nSPS) is 13.7. The van der Waals surface area contributed by atoms with Crippen LogP contribution >= 0.6 is 24.2 Å². The molecule has 0 radical (unpaired) electrons. The lowest BCUT2D eigenvalue weighted by atomic mass is 10.3. The molecule has 1 aromatic rings. The first-order valence-corrected chi connectivity index (χ1v) is 4.85. The quantitative estimate of drug-likeness (QED) is 0.788. The lowest BCUT2D eigenvalue weighted by molar-refractivity contribution is -0.189. The topological polar surface area (TPSA) is 9.23 Å². The highest BCUT2D eigenvalue weighted by Crippen LogP contribution is 2.29. The van der Waals surface area contributed by atoms with Crippen LogP contribution in [-0.4, -0.2) is 12.3 Å². The van der Waals surface area contributed by atoms with Gasteiger partial charge in [-0.25, -0.2) is 0 Å². The molecule has 0 aromatic heterocycles. The Bertz CT molecular complexity index is 354. The van der Waals surface area contributed by atoms with Gasteiger partial charge in [0.25, 0.3) is 0 Å². The Morgan fingerprint density at radius 2 is 2.00 bits per heavy atom. The molecule has 0 N–H and O–H groups in total. The van der Waals surface area contributed by atoms with Crippen molar-refractivity contribution in [3.8, 4) is 5.75 Å². The molecular weight excluding hydrogens is 249 g/mol. The minimum Gasteiger partial charge on any atom is -0.481 e. The molecule has 1 aromatic carbocycles. The van der Waals surface area contributed by atoms with Gasteiger partial charge in [-0.05, 0) is 25.1 Å². The zero-order valence-corrected chi connectivity index (χ0v) is 9.33. The third-order valence-corrected chi connectivity index (χ3v) is 2.53. The van der Waals surface area contributed by atoms with Crippen molar-refractivity contribution in [2.24, 2.45) is 0 Å².